The number of nitrogens with one attached hydrogen (secondary N) is 3. The predicted molar refractivity (Wildman–Crippen MR) is 99.0 cm³/mol. The fourth-order valence-corrected chi connectivity index (χ4v) is 2.97. The molecule has 0 saturated heterocycles. The van der Waals surface area contributed by atoms with E-state index in [1.54, 1.807) is 12.1 Å². The Hall–Kier alpha value is -2.08. The summed E-state index contributed by atoms with van der Waals surface area (Å²) in [5.74, 6) is -0.0399. The van der Waals surface area contributed by atoms with Crippen molar-refractivity contribution in [3.05, 3.63) is 29.3 Å². The van der Waals surface area contributed by atoms with Gasteiger partial charge in [0, 0.05) is 37.1 Å². The van der Waals surface area contributed by atoms with Gasteiger partial charge in [0.15, 0.2) is 0 Å². The first-order valence-electron chi connectivity index (χ1n) is 9.14. The van der Waals surface area contributed by atoms with Crippen molar-refractivity contribution >= 4 is 17.6 Å². The molecule has 6 nitrogen and oxygen atoms in total. The summed E-state index contributed by atoms with van der Waals surface area (Å²) >= 11 is 0. The van der Waals surface area contributed by atoms with Crippen LogP contribution in [0, 0.1) is 6.92 Å². The smallest absolute Gasteiger partial charge is 0.319 e. The molecule has 2 rings (SSSR count). The number of carbonyl (C=O) groups excluding carboxylic acids is 2. The van der Waals surface area contributed by atoms with E-state index in [4.69, 9.17) is 4.74 Å². The first-order valence-corrected chi connectivity index (χ1v) is 9.14. The molecule has 3 N–H and O–H groups in total. The minimum atomic E-state index is -0.247. The molecule has 1 fully saturated rings. The minimum absolute atomic E-state index is 0.0399. The van der Waals surface area contributed by atoms with Gasteiger partial charge in [-0.25, -0.2) is 4.79 Å². The number of ether oxygens (including phenoxy) is 1. The Morgan fingerprint density at radius 3 is 2.68 bits per heavy atom. The molecular formula is C19H29N3O3. The van der Waals surface area contributed by atoms with Crippen LogP contribution in [0.5, 0.6) is 0 Å². The Morgan fingerprint density at radius 2 is 2.00 bits per heavy atom. The van der Waals surface area contributed by atoms with E-state index in [9.17, 15) is 9.59 Å². The quantitative estimate of drug-likeness (QED) is 0.632. The van der Waals surface area contributed by atoms with Crippen molar-refractivity contribution in [2.24, 2.45) is 0 Å². The number of amides is 3. The van der Waals surface area contributed by atoms with Gasteiger partial charge in [-0.3, -0.25) is 4.79 Å². The highest BCUT2D eigenvalue weighted by atomic mass is 16.5. The van der Waals surface area contributed by atoms with Gasteiger partial charge in [-0.15, -0.1) is 0 Å². The van der Waals surface area contributed by atoms with Crippen molar-refractivity contribution < 1.29 is 14.3 Å². The number of benzene rings is 1. The van der Waals surface area contributed by atoms with Crippen LogP contribution in [0.1, 0.15) is 54.9 Å². The van der Waals surface area contributed by atoms with Gasteiger partial charge in [0.25, 0.3) is 5.91 Å². The number of hydrogen-bond donors (Lipinski definition) is 3. The van der Waals surface area contributed by atoms with Crippen LogP contribution in [0.25, 0.3) is 0 Å². The highest BCUT2D eigenvalue weighted by molar-refractivity contribution is 5.96. The summed E-state index contributed by atoms with van der Waals surface area (Å²) in [5, 5.41) is 8.69. The number of aryl methyl sites for hydroxylation is 1. The highest BCUT2D eigenvalue weighted by Gasteiger charge is 2.18. The van der Waals surface area contributed by atoms with Gasteiger partial charge < -0.3 is 20.7 Å². The van der Waals surface area contributed by atoms with E-state index in [1.807, 2.05) is 19.9 Å². The van der Waals surface area contributed by atoms with E-state index in [1.165, 1.54) is 12.8 Å². The van der Waals surface area contributed by atoms with Crippen molar-refractivity contribution in [2.45, 2.75) is 52.0 Å². The Labute approximate surface area is 149 Å². The van der Waals surface area contributed by atoms with Gasteiger partial charge in [0.05, 0.1) is 0 Å². The van der Waals surface area contributed by atoms with Crippen LogP contribution in [0.15, 0.2) is 18.2 Å². The van der Waals surface area contributed by atoms with Crippen molar-refractivity contribution in [3.63, 3.8) is 0 Å². The largest absolute Gasteiger partial charge is 0.382 e. The standard InChI is InChI=1S/C19H29N3O3/c1-3-25-12-6-11-20-19(24)22-17-10-9-15(13-14(17)2)18(23)21-16-7-4-5-8-16/h9-10,13,16H,3-8,11-12H2,1-2H3,(H,21,23)(H2,20,22,24). The lowest BCUT2D eigenvalue weighted by molar-refractivity contribution is 0.0938. The van der Waals surface area contributed by atoms with E-state index in [0.29, 0.717) is 37.1 Å². The number of carbonyl (C=O) groups is 2. The zero-order chi connectivity index (χ0) is 18.1. The fraction of sp³-hybridized carbons (Fsp3) is 0.579. The van der Waals surface area contributed by atoms with Crippen LogP contribution in [-0.4, -0.2) is 37.7 Å². The lowest BCUT2D eigenvalue weighted by Gasteiger charge is -2.14. The van der Waals surface area contributed by atoms with Gasteiger partial charge in [-0.1, -0.05) is 12.8 Å². The molecule has 0 unspecified atom stereocenters. The van der Waals surface area contributed by atoms with E-state index >= 15 is 0 Å². The van der Waals surface area contributed by atoms with Crippen molar-refractivity contribution in [1.82, 2.24) is 10.6 Å². The fourth-order valence-electron chi connectivity index (χ4n) is 2.97. The van der Waals surface area contributed by atoms with Crippen LogP contribution < -0.4 is 16.0 Å². The second-order valence-corrected chi connectivity index (χ2v) is 6.42. The molecule has 1 aromatic rings. The van der Waals surface area contributed by atoms with E-state index in [0.717, 1.165) is 24.8 Å². The summed E-state index contributed by atoms with van der Waals surface area (Å²) in [4.78, 5) is 24.2. The maximum atomic E-state index is 12.3. The molecule has 0 heterocycles. The molecule has 1 aromatic carbocycles. The van der Waals surface area contributed by atoms with Crippen LogP contribution in [0.3, 0.4) is 0 Å². The monoisotopic (exact) mass is 347 g/mol. The number of urea groups is 1. The first-order chi connectivity index (χ1) is 12.1. The third-order valence-corrected chi connectivity index (χ3v) is 4.38. The second-order valence-electron chi connectivity index (χ2n) is 6.42. The molecule has 0 bridgehead atoms. The summed E-state index contributed by atoms with van der Waals surface area (Å²) in [6.07, 6.45) is 5.28. The lowest BCUT2D eigenvalue weighted by atomic mass is 10.1. The van der Waals surface area contributed by atoms with Gasteiger partial charge in [-0.2, -0.15) is 0 Å². The van der Waals surface area contributed by atoms with Gasteiger partial charge in [0.2, 0.25) is 0 Å². The summed E-state index contributed by atoms with van der Waals surface area (Å²) in [5.41, 5.74) is 2.20. The van der Waals surface area contributed by atoms with Crippen LogP contribution in [-0.2, 0) is 4.74 Å². The Balaban J connectivity index is 1.81. The predicted octanol–water partition coefficient (Wildman–Crippen LogP) is 3.22. The highest BCUT2D eigenvalue weighted by Crippen LogP contribution is 2.20. The average Bonchev–Trinajstić information content (AvgIpc) is 3.09. The lowest BCUT2D eigenvalue weighted by Crippen LogP contribution is -2.32. The molecule has 0 aromatic heterocycles. The molecule has 138 valence electrons. The molecule has 1 aliphatic rings. The molecule has 3 amide bonds. The number of anilines is 1. The molecule has 0 aliphatic heterocycles. The average molecular weight is 347 g/mol. The number of hydrogen-bond acceptors (Lipinski definition) is 3. The van der Waals surface area contributed by atoms with Crippen LogP contribution in [0.2, 0.25) is 0 Å². The summed E-state index contributed by atoms with van der Waals surface area (Å²) in [6, 6.07) is 5.39. The molecule has 0 spiro atoms. The molecular weight excluding hydrogens is 318 g/mol. The van der Waals surface area contributed by atoms with Crippen molar-refractivity contribution in [3.8, 4) is 0 Å². The van der Waals surface area contributed by atoms with Gasteiger partial charge in [-0.05, 0) is 56.9 Å². The summed E-state index contributed by atoms with van der Waals surface area (Å²) < 4.78 is 5.23. The molecule has 0 atom stereocenters. The molecule has 0 radical (unpaired) electrons. The summed E-state index contributed by atoms with van der Waals surface area (Å²) in [6.45, 7) is 5.72. The SMILES string of the molecule is CCOCCCNC(=O)Nc1ccc(C(=O)NC2CCCC2)cc1C. The third kappa shape index (κ3) is 6.38. The molecule has 1 aliphatic carbocycles. The normalized spacial score (nSPS) is 14.3. The van der Waals surface area contributed by atoms with Gasteiger partial charge >= 0.3 is 6.03 Å². The third-order valence-electron chi connectivity index (χ3n) is 4.38. The van der Waals surface area contributed by atoms with Crippen LogP contribution in [0.4, 0.5) is 10.5 Å². The van der Waals surface area contributed by atoms with Crippen molar-refractivity contribution in [2.75, 3.05) is 25.1 Å². The Morgan fingerprint density at radius 1 is 1.24 bits per heavy atom. The second kappa shape index (κ2) is 10.0. The van der Waals surface area contributed by atoms with Crippen molar-refractivity contribution in [1.29, 1.82) is 0 Å². The van der Waals surface area contributed by atoms with Gasteiger partial charge in [0.1, 0.15) is 0 Å². The minimum Gasteiger partial charge on any atom is -0.382 e. The molecule has 25 heavy (non-hydrogen) atoms. The zero-order valence-corrected chi connectivity index (χ0v) is 15.2. The first kappa shape index (κ1) is 19.2. The van der Waals surface area contributed by atoms with E-state index in [-0.39, 0.29) is 11.9 Å². The topological polar surface area (TPSA) is 79.5 Å². The maximum absolute atomic E-state index is 12.3. The number of rotatable bonds is 8. The molecule has 6 heteroatoms. The summed E-state index contributed by atoms with van der Waals surface area (Å²) in [7, 11) is 0. The van der Waals surface area contributed by atoms with E-state index < -0.39 is 0 Å². The van der Waals surface area contributed by atoms with Crippen LogP contribution >= 0.6 is 0 Å². The molecule has 1 saturated carbocycles. The Kier molecular flexibility index (Phi) is 7.73. The van der Waals surface area contributed by atoms with E-state index in [2.05, 4.69) is 16.0 Å². The Bertz CT molecular complexity index is 583. The zero-order valence-electron chi connectivity index (χ0n) is 15.2. The maximum Gasteiger partial charge on any atom is 0.319 e.